The minimum Gasteiger partial charge on any atom is -0.399 e. The fourth-order valence-electron chi connectivity index (χ4n) is 2.29. The van der Waals surface area contributed by atoms with E-state index < -0.39 is 10.0 Å². The molecule has 0 spiro atoms. The minimum absolute atomic E-state index is 0.224. The van der Waals surface area contributed by atoms with Crippen LogP contribution in [0.5, 0.6) is 0 Å². The molecule has 5 nitrogen and oxygen atoms in total. The normalized spacial score (nSPS) is 16.9. The molecule has 0 radical (unpaired) electrons. The maximum Gasteiger partial charge on any atom is 0.244 e. The lowest BCUT2D eigenvalue weighted by molar-refractivity contribution is 0.310. The maximum absolute atomic E-state index is 12.5. The van der Waals surface area contributed by atoms with Crippen molar-refractivity contribution in [1.82, 2.24) is 9.21 Å². The second-order valence-electron chi connectivity index (χ2n) is 5.07. The fourth-order valence-corrected chi connectivity index (χ4v) is 4.41. The van der Waals surface area contributed by atoms with E-state index in [1.807, 2.05) is 0 Å². The Morgan fingerprint density at radius 3 is 2.65 bits per heavy atom. The van der Waals surface area contributed by atoms with Gasteiger partial charge in [-0.2, -0.15) is 4.31 Å². The predicted octanol–water partition coefficient (Wildman–Crippen LogP) is 1.75. The number of anilines is 1. The number of hydrogen-bond donors (Lipinski definition) is 1. The number of likely N-dealkylation sites (tertiary alicyclic amines) is 1. The van der Waals surface area contributed by atoms with Crippen molar-refractivity contribution in [1.29, 1.82) is 0 Å². The van der Waals surface area contributed by atoms with Crippen molar-refractivity contribution < 1.29 is 8.42 Å². The highest BCUT2D eigenvalue weighted by molar-refractivity contribution is 9.10. The van der Waals surface area contributed by atoms with Crippen molar-refractivity contribution in [3.05, 3.63) is 22.7 Å². The summed E-state index contributed by atoms with van der Waals surface area (Å²) >= 11 is 3.28. The van der Waals surface area contributed by atoms with E-state index in [-0.39, 0.29) is 4.90 Å². The van der Waals surface area contributed by atoms with Gasteiger partial charge in [-0.25, -0.2) is 8.42 Å². The van der Waals surface area contributed by atoms with Crippen LogP contribution in [0.15, 0.2) is 27.6 Å². The standard InChI is InChI=1S/C13H20BrN3O2S/c1-16(8-9-17-6-2-3-7-17)20(18,19)13-10-11(15)4-5-12(13)14/h4-5,10H,2-3,6-9,15H2,1H3. The van der Waals surface area contributed by atoms with E-state index in [9.17, 15) is 8.42 Å². The molecule has 20 heavy (non-hydrogen) atoms. The number of halogens is 1. The van der Waals surface area contributed by atoms with Gasteiger partial charge in [0, 0.05) is 30.3 Å². The van der Waals surface area contributed by atoms with E-state index >= 15 is 0 Å². The molecule has 0 aliphatic carbocycles. The molecule has 2 rings (SSSR count). The van der Waals surface area contributed by atoms with Crippen LogP contribution in [0.1, 0.15) is 12.8 Å². The summed E-state index contributed by atoms with van der Waals surface area (Å²) in [5.41, 5.74) is 6.13. The van der Waals surface area contributed by atoms with E-state index in [0.29, 0.717) is 16.7 Å². The lowest BCUT2D eigenvalue weighted by Crippen LogP contribution is -2.35. The summed E-state index contributed by atoms with van der Waals surface area (Å²) in [6.45, 7) is 3.39. The Kier molecular flexibility index (Phi) is 5.06. The number of nitrogens with zero attached hydrogens (tertiary/aromatic N) is 2. The van der Waals surface area contributed by atoms with Crippen LogP contribution in [0.3, 0.4) is 0 Å². The fraction of sp³-hybridized carbons (Fsp3) is 0.538. The first-order valence-electron chi connectivity index (χ1n) is 6.65. The van der Waals surface area contributed by atoms with Gasteiger partial charge in [0.25, 0.3) is 0 Å². The Bertz CT molecular complexity index is 571. The van der Waals surface area contributed by atoms with Gasteiger partial charge in [-0.05, 0) is 60.1 Å². The third-order valence-electron chi connectivity index (χ3n) is 3.57. The van der Waals surface area contributed by atoms with E-state index in [0.717, 1.165) is 19.6 Å². The first-order valence-corrected chi connectivity index (χ1v) is 8.88. The quantitative estimate of drug-likeness (QED) is 0.811. The van der Waals surface area contributed by atoms with Gasteiger partial charge >= 0.3 is 0 Å². The molecule has 2 N–H and O–H groups in total. The van der Waals surface area contributed by atoms with E-state index in [1.165, 1.54) is 23.2 Å². The topological polar surface area (TPSA) is 66.6 Å². The molecule has 0 atom stereocenters. The Morgan fingerprint density at radius 1 is 1.35 bits per heavy atom. The summed E-state index contributed by atoms with van der Waals surface area (Å²) in [5, 5.41) is 0. The second kappa shape index (κ2) is 6.43. The van der Waals surface area contributed by atoms with E-state index in [4.69, 9.17) is 5.73 Å². The predicted molar refractivity (Wildman–Crippen MR) is 84.0 cm³/mol. The highest BCUT2D eigenvalue weighted by Gasteiger charge is 2.24. The summed E-state index contributed by atoms with van der Waals surface area (Å²) in [4.78, 5) is 2.52. The number of hydrogen-bond acceptors (Lipinski definition) is 4. The van der Waals surface area contributed by atoms with Crippen molar-refractivity contribution in [2.24, 2.45) is 0 Å². The molecule has 1 aliphatic heterocycles. The SMILES string of the molecule is CN(CCN1CCCC1)S(=O)(=O)c1cc(N)ccc1Br. The van der Waals surface area contributed by atoms with Gasteiger partial charge in [0.1, 0.15) is 0 Å². The van der Waals surface area contributed by atoms with Gasteiger partial charge in [-0.15, -0.1) is 0 Å². The molecule has 112 valence electrons. The van der Waals surface area contributed by atoms with Crippen molar-refractivity contribution in [3.63, 3.8) is 0 Å². The molecular formula is C13H20BrN3O2S. The van der Waals surface area contributed by atoms with Crippen LogP contribution >= 0.6 is 15.9 Å². The summed E-state index contributed by atoms with van der Waals surface area (Å²) in [6.07, 6.45) is 2.41. The molecule has 0 aromatic heterocycles. The molecule has 1 saturated heterocycles. The molecule has 0 saturated carbocycles. The van der Waals surface area contributed by atoms with Crippen molar-refractivity contribution in [2.75, 3.05) is 39.0 Å². The molecule has 1 heterocycles. The summed E-state index contributed by atoms with van der Waals surface area (Å²) in [7, 11) is -1.89. The van der Waals surface area contributed by atoms with Crippen LogP contribution in [-0.2, 0) is 10.0 Å². The molecule has 1 aliphatic rings. The lowest BCUT2D eigenvalue weighted by Gasteiger charge is -2.21. The van der Waals surface area contributed by atoms with Crippen LogP contribution < -0.4 is 5.73 Å². The molecule has 0 unspecified atom stereocenters. The Hall–Kier alpha value is -0.630. The van der Waals surface area contributed by atoms with Crippen LogP contribution in [-0.4, -0.2) is 50.8 Å². The zero-order valence-corrected chi connectivity index (χ0v) is 14.0. The van der Waals surface area contributed by atoms with E-state index in [2.05, 4.69) is 20.8 Å². The number of nitrogens with two attached hydrogens (primary N) is 1. The molecule has 0 amide bonds. The average Bonchev–Trinajstić information content (AvgIpc) is 2.91. The van der Waals surface area contributed by atoms with E-state index in [1.54, 1.807) is 19.2 Å². The van der Waals surface area contributed by atoms with Crippen LogP contribution in [0.2, 0.25) is 0 Å². The Morgan fingerprint density at radius 2 is 2.00 bits per heavy atom. The van der Waals surface area contributed by atoms with Crippen LogP contribution in [0.4, 0.5) is 5.69 Å². The third kappa shape index (κ3) is 3.52. The maximum atomic E-state index is 12.5. The van der Waals surface area contributed by atoms with Gasteiger partial charge in [0.2, 0.25) is 10.0 Å². The lowest BCUT2D eigenvalue weighted by atomic mass is 10.3. The Balaban J connectivity index is 2.10. The van der Waals surface area contributed by atoms with Gasteiger partial charge in [0.15, 0.2) is 0 Å². The number of nitrogen functional groups attached to an aromatic ring is 1. The van der Waals surface area contributed by atoms with Crippen molar-refractivity contribution >= 4 is 31.6 Å². The zero-order valence-electron chi connectivity index (χ0n) is 11.5. The smallest absolute Gasteiger partial charge is 0.244 e. The summed E-state index contributed by atoms with van der Waals surface area (Å²) in [5.74, 6) is 0. The minimum atomic E-state index is -3.50. The number of sulfonamides is 1. The largest absolute Gasteiger partial charge is 0.399 e. The van der Waals surface area contributed by atoms with Gasteiger partial charge in [0.05, 0.1) is 4.90 Å². The first-order chi connectivity index (χ1) is 9.41. The number of rotatable bonds is 5. The van der Waals surface area contributed by atoms with Crippen molar-refractivity contribution in [2.45, 2.75) is 17.7 Å². The summed E-state index contributed by atoms with van der Waals surface area (Å²) < 4.78 is 27.0. The number of likely N-dealkylation sites (N-methyl/N-ethyl adjacent to an activating group) is 1. The van der Waals surface area contributed by atoms with Crippen LogP contribution in [0.25, 0.3) is 0 Å². The highest BCUT2D eigenvalue weighted by Crippen LogP contribution is 2.26. The molecule has 7 heteroatoms. The molecular weight excluding hydrogens is 342 g/mol. The Labute approximate surface area is 128 Å². The third-order valence-corrected chi connectivity index (χ3v) is 6.42. The van der Waals surface area contributed by atoms with Gasteiger partial charge in [-0.1, -0.05) is 0 Å². The summed E-state index contributed by atoms with van der Waals surface area (Å²) in [6, 6.07) is 4.83. The number of benzene rings is 1. The molecule has 0 bridgehead atoms. The second-order valence-corrected chi connectivity index (χ2v) is 7.93. The first kappa shape index (κ1) is 15.8. The average molecular weight is 362 g/mol. The van der Waals surface area contributed by atoms with Gasteiger partial charge < -0.3 is 10.6 Å². The monoisotopic (exact) mass is 361 g/mol. The zero-order chi connectivity index (χ0) is 14.8. The molecule has 1 fully saturated rings. The van der Waals surface area contributed by atoms with Crippen molar-refractivity contribution in [3.8, 4) is 0 Å². The highest BCUT2D eigenvalue weighted by atomic mass is 79.9. The molecule has 1 aromatic carbocycles. The van der Waals surface area contributed by atoms with Crippen LogP contribution in [0, 0.1) is 0 Å². The van der Waals surface area contributed by atoms with Gasteiger partial charge in [-0.3, -0.25) is 0 Å². The molecule has 1 aromatic rings.